The minimum atomic E-state index is -3.97. The lowest BCUT2D eigenvalue weighted by molar-refractivity contribution is -0.116. The Kier molecular flexibility index (Phi) is 4.87. The highest BCUT2D eigenvalue weighted by Gasteiger charge is 2.40. The molecule has 0 fully saturated rings. The number of carbonyl (C=O) groups is 2. The van der Waals surface area contributed by atoms with E-state index in [0.29, 0.717) is 14.5 Å². The zero-order valence-electron chi connectivity index (χ0n) is 15.5. The summed E-state index contributed by atoms with van der Waals surface area (Å²) in [6.45, 7) is -0.301. The van der Waals surface area contributed by atoms with Crippen LogP contribution in [0.25, 0.3) is 10.2 Å². The van der Waals surface area contributed by atoms with Crippen molar-refractivity contribution >= 4 is 58.4 Å². The third kappa shape index (κ3) is 3.57. The fourth-order valence-electron chi connectivity index (χ4n) is 3.03. The number of sulfone groups is 1. The van der Waals surface area contributed by atoms with Crippen molar-refractivity contribution < 1.29 is 26.4 Å². The number of nitrogens with one attached hydrogen (secondary N) is 1. The molecule has 4 rings (SSSR count). The molecule has 0 spiro atoms. The van der Waals surface area contributed by atoms with Gasteiger partial charge in [0, 0.05) is 19.2 Å². The molecular weight excluding hydrogens is 450 g/mol. The first-order valence-corrected chi connectivity index (χ1v) is 12.8. The Labute approximate surface area is 176 Å². The summed E-state index contributed by atoms with van der Waals surface area (Å²) in [5.74, 6) is -1.18. The summed E-state index contributed by atoms with van der Waals surface area (Å²) in [6, 6.07) is 10.3. The van der Waals surface area contributed by atoms with Crippen LogP contribution in [-0.4, -0.2) is 50.7 Å². The number of hydrogen-bond donors (Lipinski definition) is 1. The van der Waals surface area contributed by atoms with Gasteiger partial charge in [-0.05, 0) is 30.3 Å². The van der Waals surface area contributed by atoms with Gasteiger partial charge >= 0.3 is 0 Å². The molecule has 0 radical (unpaired) electrons. The Hall–Kier alpha value is -2.83. The van der Waals surface area contributed by atoms with Crippen molar-refractivity contribution in [1.29, 1.82) is 0 Å². The first-order valence-electron chi connectivity index (χ1n) is 8.64. The molecule has 0 saturated heterocycles. The quantitative estimate of drug-likeness (QED) is 0.609. The average Bonchev–Trinajstić information content (AvgIpc) is 3.15. The standard InChI is InChI=1S/C18H15N3O6S3/c1-29(24,25)11-6-7-13-14(10-11)28-18(19-13)20-16(22)8-9-21-17(23)12-4-2-3-5-15(12)30(21,26)27/h2-7,10H,8-9H2,1H3,(H,19,20,22). The Morgan fingerprint density at radius 3 is 2.63 bits per heavy atom. The lowest BCUT2D eigenvalue weighted by Gasteiger charge is -2.14. The number of hydrogen-bond acceptors (Lipinski definition) is 8. The molecule has 1 aliphatic heterocycles. The van der Waals surface area contributed by atoms with E-state index in [1.165, 1.54) is 30.3 Å². The highest BCUT2D eigenvalue weighted by atomic mass is 32.2. The summed E-state index contributed by atoms with van der Waals surface area (Å²) in [7, 11) is -7.34. The summed E-state index contributed by atoms with van der Waals surface area (Å²) in [5.41, 5.74) is 0.612. The molecular formula is C18H15N3O6S3. The first-order chi connectivity index (χ1) is 14.1. The van der Waals surface area contributed by atoms with E-state index in [4.69, 9.17) is 0 Å². The largest absolute Gasteiger partial charge is 0.302 e. The molecule has 1 aliphatic rings. The lowest BCUT2D eigenvalue weighted by atomic mass is 10.2. The number of sulfonamides is 1. The van der Waals surface area contributed by atoms with Gasteiger partial charge in [0.05, 0.1) is 20.7 Å². The molecule has 1 N–H and O–H groups in total. The summed E-state index contributed by atoms with van der Waals surface area (Å²) in [5, 5.41) is 2.81. The molecule has 2 heterocycles. The molecule has 2 amide bonds. The topological polar surface area (TPSA) is 131 Å². The van der Waals surface area contributed by atoms with Crippen molar-refractivity contribution in [3.05, 3.63) is 48.0 Å². The predicted octanol–water partition coefficient (Wildman–Crippen LogP) is 1.87. The van der Waals surface area contributed by atoms with Gasteiger partial charge in [-0.3, -0.25) is 9.59 Å². The van der Waals surface area contributed by atoms with Gasteiger partial charge in [-0.2, -0.15) is 0 Å². The third-order valence-corrected chi connectivity index (χ3v) is 8.37. The van der Waals surface area contributed by atoms with Crippen LogP contribution in [-0.2, 0) is 24.7 Å². The zero-order chi connectivity index (χ0) is 21.7. The van der Waals surface area contributed by atoms with Crippen LogP contribution in [0.1, 0.15) is 16.8 Å². The Bertz CT molecular complexity index is 1410. The van der Waals surface area contributed by atoms with Gasteiger partial charge < -0.3 is 5.32 Å². The maximum atomic E-state index is 12.5. The first kappa shape index (κ1) is 20.4. The summed E-state index contributed by atoms with van der Waals surface area (Å²) in [6.07, 6.45) is 0.855. The minimum Gasteiger partial charge on any atom is -0.302 e. The second-order valence-corrected chi connectivity index (χ2v) is 11.5. The van der Waals surface area contributed by atoms with Crippen molar-refractivity contribution in [3.63, 3.8) is 0 Å². The molecule has 0 atom stereocenters. The molecule has 3 aromatic rings. The number of thiazole rings is 1. The summed E-state index contributed by atoms with van der Waals surface area (Å²) >= 11 is 1.10. The molecule has 2 aromatic carbocycles. The van der Waals surface area contributed by atoms with Crippen molar-refractivity contribution in [1.82, 2.24) is 9.29 Å². The number of amides is 2. The molecule has 12 heteroatoms. The number of benzene rings is 2. The second-order valence-electron chi connectivity index (χ2n) is 6.60. The number of nitrogens with zero attached hydrogens (tertiary/aromatic N) is 2. The monoisotopic (exact) mass is 465 g/mol. The van der Waals surface area contributed by atoms with Crippen LogP contribution in [0.15, 0.2) is 52.3 Å². The van der Waals surface area contributed by atoms with Gasteiger partial charge in [-0.1, -0.05) is 23.5 Å². The molecule has 0 aliphatic carbocycles. The van der Waals surface area contributed by atoms with Crippen molar-refractivity contribution in [3.8, 4) is 0 Å². The fourth-order valence-corrected chi connectivity index (χ4v) is 6.24. The van der Waals surface area contributed by atoms with E-state index >= 15 is 0 Å². The van der Waals surface area contributed by atoms with Gasteiger partial charge in [-0.15, -0.1) is 0 Å². The average molecular weight is 466 g/mol. The van der Waals surface area contributed by atoms with Crippen LogP contribution in [0.4, 0.5) is 5.13 Å². The van der Waals surface area contributed by atoms with Crippen molar-refractivity contribution in [2.24, 2.45) is 0 Å². The molecule has 1 aromatic heterocycles. The lowest BCUT2D eigenvalue weighted by Crippen LogP contribution is -2.33. The molecule has 0 saturated carbocycles. The van der Waals surface area contributed by atoms with Gasteiger partial charge in [0.2, 0.25) is 5.91 Å². The second kappa shape index (κ2) is 7.15. The highest BCUT2D eigenvalue weighted by Crippen LogP contribution is 2.31. The number of fused-ring (bicyclic) bond motifs is 2. The smallest absolute Gasteiger partial charge is 0.269 e. The Morgan fingerprint density at radius 1 is 1.20 bits per heavy atom. The molecule has 156 valence electrons. The van der Waals surface area contributed by atoms with E-state index in [1.54, 1.807) is 12.1 Å². The van der Waals surface area contributed by atoms with Crippen LogP contribution in [0.3, 0.4) is 0 Å². The molecule has 9 nitrogen and oxygen atoms in total. The SMILES string of the molecule is CS(=O)(=O)c1ccc2nc(NC(=O)CCN3C(=O)c4ccccc4S3(=O)=O)sc2c1. The number of anilines is 1. The predicted molar refractivity (Wildman–Crippen MR) is 111 cm³/mol. The van der Waals surface area contributed by atoms with Gasteiger partial charge in [0.25, 0.3) is 15.9 Å². The minimum absolute atomic E-state index is 0.0664. The van der Waals surface area contributed by atoms with E-state index in [1.807, 2.05) is 0 Å². The third-order valence-electron chi connectivity index (χ3n) is 4.49. The number of carbonyl (C=O) groups excluding carboxylic acids is 2. The van der Waals surface area contributed by atoms with E-state index < -0.39 is 31.7 Å². The molecule has 0 bridgehead atoms. The molecule has 0 unspecified atom stereocenters. The summed E-state index contributed by atoms with van der Waals surface area (Å²) < 4.78 is 49.6. The Balaban J connectivity index is 1.46. The van der Waals surface area contributed by atoms with Crippen LogP contribution in [0, 0.1) is 0 Å². The van der Waals surface area contributed by atoms with E-state index in [-0.39, 0.29) is 33.5 Å². The van der Waals surface area contributed by atoms with E-state index in [0.717, 1.165) is 17.6 Å². The maximum Gasteiger partial charge on any atom is 0.269 e. The van der Waals surface area contributed by atoms with Crippen LogP contribution < -0.4 is 5.32 Å². The van der Waals surface area contributed by atoms with E-state index in [9.17, 15) is 26.4 Å². The number of aromatic nitrogens is 1. The Morgan fingerprint density at radius 2 is 1.93 bits per heavy atom. The van der Waals surface area contributed by atoms with Gasteiger partial charge in [0.1, 0.15) is 4.90 Å². The van der Waals surface area contributed by atoms with Crippen LogP contribution in [0.5, 0.6) is 0 Å². The molecule has 30 heavy (non-hydrogen) atoms. The van der Waals surface area contributed by atoms with Crippen LogP contribution in [0.2, 0.25) is 0 Å². The maximum absolute atomic E-state index is 12.5. The normalized spacial score (nSPS) is 15.4. The highest BCUT2D eigenvalue weighted by molar-refractivity contribution is 7.90. The van der Waals surface area contributed by atoms with Gasteiger partial charge in [-0.25, -0.2) is 26.1 Å². The summed E-state index contributed by atoms with van der Waals surface area (Å²) in [4.78, 5) is 29.0. The van der Waals surface area contributed by atoms with Crippen molar-refractivity contribution in [2.75, 3.05) is 18.1 Å². The zero-order valence-corrected chi connectivity index (χ0v) is 18.0. The van der Waals surface area contributed by atoms with Crippen molar-refractivity contribution in [2.45, 2.75) is 16.2 Å². The van der Waals surface area contributed by atoms with Crippen LogP contribution >= 0.6 is 11.3 Å². The number of rotatable bonds is 5. The van der Waals surface area contributed by atoms with E-state index in [2.05, 4.69) is 10.3 Å². The fraction of sp³-hybridized carbons (Fsp3) is 0.167. The van der Waals surface area contributed by atoms with Gasteiger partial charge in [0.15, 0.2) is 15.0 Å².